The van der Waals surface area contributed by atoms with E-state index >= 15 is 0 Å². The van der Waals surface area contributed by atoms with Crippen molar-refractivity contribution in [1.29, 1.82) is 0 Å². The van der Waals surface area contributed by atoms with Gasteiger partial charge in [-0.2, -0.15) is 0 Å². The van der Waals surface area contributed by atoms with E-state index in [9.17, 15) is 4.79 Å². The third-order valence-corrected chi connectivity index (χ3v) is 2.81. The fourth-order valence-electron chi connectivity index (χ4n) is 1.87. The Labute approximate surface area is 118 Å². The summed E-state index contributed by atoms with van der Waals surface area (Å²) in [6.45, 7) is 1.97. The molecule has 2 aromatic rings. The first kappa shape index (κ1) is 14.1. The van der Waals surface area contributed by atoms with Crippen molar-refractivity contribution in [3.63, 3.8) is 0 Å². The normalized spacial score (nSPS) is 10.1. The van der Waals surface area contributed by atoms with Crippen LogP contribution in [0, 0.1) is 0 Å². The molecule has 0 spiro atoms. The number of ketones is 1. The second kappa shape index (κ2) is 6.70. The van der Waals surface area contributed by atoms with Gasteiger partial charge in [-0.25, -0.2) is 4.98 Å². The number of hydrogen-bond donors (Lipinski definition) is 0. The molecular formula is C16H17NO3. The van der Waals surface area contributed by atoms with E-state index in [-0.39, 0.29) is 5.78 Å². The highest BCUT2D eigenvalue weighted by Gasteiger charge is 2.04. The van der Waals surface area contributed by atoms with E-state index < -0.39 is 0 Å². The molecule has 20 heavy (non-hydrogen) atoms. The van der Waals surface area contributed by atoms with Crippen LogP contribution in [0.2, 0.25) is 0 Å². The first-order valence-corrected chi connectivity index (χ1v) is 6.38. The molecule has 0 aliphatic rings. The van der Waals surface area contributed by atoms with Gasteiger partial charge in [0.05, 0.1) is 12.7 Å². The van der Waals surface area contributed by atoms with Crippen molar-refractivity contribution >= 4 is 5.78 Å². The molecule has 2 rings (SSSR count). The number of ether oxygens (including phenoxy) is 2. The quantitative estimate of drug-likeness (QED) is 0.810. The Kier molecular flexibility index (Phi) is 4.71. The molecule has 104 valence electrons. The minimum absolute atomic E-state index is 0.152. The van der Waals surface area contributed by atoms with E-state index in [2.05, 4.69) is 4.98 Å². The molecule has 4 heteroatoms. The molecule has 0 N–H and O–H groups in total. The number of hydrogen-bond acceptors (Lipinski definition) is 4. The Balaban J connectivity index is 1.98. The topological polar surface area (TPSA) is 48.4 Å². The predicted molar refractivity (Wildman–Crippen MR) is 75.9 cm³/mol. The first-order valence-electron chi connectivity index (χ1n) is 6.38. The largest absolute Gasteiger partial charge is 0.489 e. The molecule has 4 nitrogen and oxygen atoms in total. The van der Waals surface area contributed by atoms with Crippen LogP contribution in [-0.4, -0.2) is 17.9 Å². The van der Waals surface area contributed by atoms with E-state index in [4.69, 9.17) is 9.47 Å². The molecule has 0 saturated heterocycles. The van der Waals surface area contributed by atoms with Crippen LogP contribution in [-0.2, 0) is 17.8 Å². The zero-order chi connectivity index (χ0) is 14.4. The van der Waals surface area contributed by atoms with Crippen LogP contribution in [0.15, 0.2) is 42.6 Å². The lowest BCUT2D eigenvalue weighted by atomic mass is 10.1. The van der Waals surface area contributed by atoms with Crippen molar-refractivity contribution in [1.82, 2.24) is 4.98 Å². The Morgan fingerprint density at radius 2 is 1.95 bits per heavy atom. The van der Waals surface area contributed by atoms with E-state index in [0.717, 1.165) is 16.9 Å². The van der Waals surface area contributed by atoms with Gasteiger partial charge in [0, 0.05) is 12.6 Å². The molecular weight excluding hydrogens is 254 g/mol. The number of Topliss-reactive ketones (excluding diaryl/α,β-unsaturated/α-hetero) is 1. The van der Waals surface area contributed by atoms with Gasteiger partial charge in [-0.15, -0.1) is 0 Å². The summed E-state index contributed by atoms with van der Waals surface area (Å²) in [4.78, 5) is 15.1. The Hall–Kier alpha value is -2.36. The molecule has 0 atom stereocenters. The molecule has 1 aromatic heterocycles. The zero-order valence-electron chi connectivity index (χ0n) is 11.6. The molecule has 0 unspecified atom stereocenters. The summed E-state index contributed by atoms with van der Waals surface area (Å²) in [7, 11) is 1.59. The molecule has 1 aromatic carbocycles. The smallest absolute Gasteiger partial charge is 0.219 e. The number of pyridine rings is 1. The van der Waals surface area contributed by atoms with E-state index in [1.807, 2.05) is 36.4 Å². The number of rotatable bonds is 6. The van der Waals surface area contributed by atoms with Gasteiger partial charge in [0.2, 0.25) is 5.88 Å². The van der Waals surface area contributed by atoms with Gasteiger partial charge in [0.1, 0.15) is 18.1 Å². The number of carbonyl (C=O) groups excluding carboxylic acids is 1. The number of methoxy groups -OCH3 is 1. The molecule has 1 heterocycles. The monoisotopic (exact) mass is 271 g/mol. The maximum atomic E-state index is 11.0. The van der Waals surface area contributed by atoms with Crippen molar-refractivity contribution in [2.24, 2.45) is 0 Å². The predicted octanol–water partition coefficient (Wildman–Crippen LogP) is 2.80. The Bertz CT molecular complexity index is 579. The maximum absolute atomic E-state index is 11.0. The highest BCUT2D eigenvalue weighted by Crippen LogP contribution is 2.18. The average Bonchev–Trinajstić information content (AvgIpc) is 2.46. The standard InChI is InChI=1S/C16H17NO3/c1-12(18)10-13-5-7-15(8-6-13)20-11-14-4-3-9-17-16(14)19-2/h3-9H,10-11H2,1-2H3. The van der Waals surface area contributed by atoms with Gasteiger partial charge in [-0.05, 0) is 36.8 Å². The second-order valence-electron chi connectivity index (χ2n) is 4.48. The summed E-state index contributed by atoms with van der Waals surface area (Å²) in [5.74, 6) is 1.47. The first-order chi connectivity index (χ1) is 9.69. The Morgan fingerprint density at radius 3 is 2.60 bits per heavy atom. The summed E-state index contributed by atoms with van der Waals surface area (Å²) in [6.07, 6.45) is 2.13. The molecule has 0 saturated carbocycles. The van der Waals surface area contributed by atoms with Crippen molar-refractivity contribution in [3.05, 3.63) is 53.7 Å². The van der Waals surface area contributed by atoms with Gasteiger partial charge in [-0.3, -0.25) is 4.79 Å². The van der Waals surface area contributed by atoms with Crippen LogP contribution in [0.4, 0.5) is 0 Å². The second-order valence-corrected chi connectivity index (χ2v) is 4.48. The fraction of sp³-hybridized carbons (Fsp3) is 0.250. The van der Waals surface area contributed by atoms with Crippen LogP contribution in [0.3, 0.4) is 0 Å². The minimum atomic E-state index is 0.152. The van der Waals surface area contributed by atoms with E-state index in [1.165, 1.54) is 0 Å². The number of aromatic nitrogens is 1. The van der Waals surface area contributed by atoms with Gasteiger partial charge >= 0.3 is 0 Å². The van der Waals surface area contributed by atoms with Crippen LogP contribution in [0.5, 0.6) is 11.6 Å². The van der Waals surface area contributed by atoms with E-state index in [1.54, 1.807) is 20.2 Å². The minimum Gasteiger partial charge on any atom is -0.489 e. The molecule has 0 aliphatic carbocycles. The Morgan fingerprint density at radius 1 is 1.20 bits per heavy atom. The number of benzene rings is 1. The molecule has 0 bridgehead atoms. The van der Waals surface area contributed by atoms with Crippen molar-refractivity contribution < 1.29 is 14.3 Å². The average molecular weight is 271 g/mol. The summed E-state index contributed by atoms with van der Waals surface area (Å²) < 4.78 is 10.9. The highest BCUT2D eigenvalue weighted by molar-refractivity contribution is 5.78. The van der Waals surface area contributed by atoms with Crippen LogP contribution < -0.4 is 9.47 Å². The molecule has 0 radical (unpaired) electrons. The van der Waals surface area contributed by atoms with Gasteiger partial charge in [0.15, 0.2) is 0 Å². The lowest BCUT2D eigenvalue weighted by Gasteiger charge is -2.09. The SMILES string of the molecule is COc1ncccc1COc1ccc(CC(C)=O)cc1. The zero-order valence-corrected chi connectivity index (χ0v) is 11.6. The molecule has 0 aliphatic heterocycles. The van der Waals surface area contributed by atoms with Crippen LogP contribution in [0.25, 0.3) is 0 Å². The van der Waals surface area contributed by atoms with Crippen molar-refractivity contribution in [2.75, 3.05) is 7.11 Å². The lowest BCUT2D eigenvalue weighted by molar-refractivity contribution is -0.116. The summed E-state index contributed by atoms with van der Waals surface area (Å²) in [5, 5.41) is 0. The maximum Gasteiger partial charge on any atom is 0.219 e. The van der Waals surface area contributed by atoms with Crippen molar-refractivity contribution in [3.8, 4) is 11.6 Å². The number of nitrogens with zero attached hydrogens (tertiary/aromatic N) is 1. The van der Waals surface area contributed by atoms with Gasteiger partial charge < -0.3 is 9.47 Å². The lowest BCUT2D eigenvalue weighted by Crippen LogP contribution is -2.00. The number of carbonyl (C=O) groups is 1. The van der Waals surface area contributed by atoms with Crippen LogP contribution in [0.1, 0.15) is 18.1 Å². The van der Waals surface area contributed by atoms with E-state index in [0.29, 0.717) is 18.9 Å². The third-order valence-electron chi connectivity index (χ3n) is 2.81. The van der Waals surface area contributed by atoms with Crippen LogP contribution >= 0.6 is 0 Å². The van der Waals surface area contributed by atoms with Gasteiger partial charge in [0.25, 0.3) is 0 Å². The van der Waals surface area contributed by atoms with Gasteiger partial charge in [-0.1, -0.05) is 12.1 Å². The summed E-state index contributed by atoms with van der Waals surface area (Å²) in [6, 6.07) is 11.3. The van der Waals surface area contributed by atoms with Crippen molar-refractivity contribution in [2.45, 2.75) is 20.0 Å². The summed E-state index contributed by atoms with van der Waals surface area (Å²) in [5.41, 5.74) is 1.88. The molecule has 0 fully saturated rings. The third kappa shape index (κ3) is 3.82. The molecule has 0 amide bonds. The highest BCUT2D eigenvalue weighted by atomic mass is 16.5. The fourth-order valence-corrected chi connectivity index (χ4v) is 1.87. The summed E-state index contributed by atoms with van der Waals surface area (Å²) >= 11 is 0.